The second-order valence-electron chi connectivity index (χ2n) is 5.13. The summed E-state index contributed by atoms with van der Waals surface area (Å²) in [7, 11) is 1.65. The van der Waals surface area contributed by atoms with Crippen LogP contribution in [0.4, 0.5) is 0 Å². The summed E-state index contributed by atoms with van der Waals surface area (Å²) in [5.41, 5.74) is 6.81. The van der Waals surface area contributed by atoms with E-state index in [4.69, 9.17) is 33.9 Å². The second-order valence-corrected chi connectivity index (χ2v) is 5.94. The van der Waals surface area contributed by atoms with E-state index in [0.717, 1.165) is 30.8 Å². The predicted molar refractivity (Wildman–Crippen MR) is 98.3 cm³/mol. The Bertz CT molecular complexity index is 519. The Kier molecular flexibility index (Phi) is 7.31. The van der Waals surface area contributed by atoms with E-state index in [0.29, 0.717) is 23.3 Å². The molecule has 1 aromatic rings. The van der Waals surface area contributed by atoms with Gasteiger partial charge in [-0.15, -0.1) is 0 Å². The quantitative estimate of drug-likeness (QED) is 0.465. The highest BCUT2D eigenvalue weighted by Crippen LogP contribution is 2.11. The average Bonchev–Trinajstić information content (AvgIpc) is 3.10. The lowest BCUT2D eigenvalue weighted by Crippen LogP contribution is -2.51. The van der Waals surface area contributed by atoms with Crippen LogP contribution >= 0.6 is 24.4 Å². The van der Waals surface area contributed by atoms with Gasteiger partial charge in [-0.1, -0.05) is 12.1 Å². The number of hydrogen-bond donors (Lipinski definition) is 4. The molecule has 1 heterocycles. The summed E-state index contributed by atoms with van der Waals surface area (Å²) < 4.78 is 10.6. The van der Waals surface area contributed by atoms with Gasteiger partial charge in [-0.25, -0.2) is 0 Å². The fourth-order valence-electron chi connectivity index (χ4n) is 2.14. The lowest BCUT2D eigenvalue weighted by atomic mass is 10.2. The lowest BCUT2D eigenvalue weighted by Gasteiger charge is -2.16. The fraction of sp³-hybridized carbons (Fsp3) is 0.467. The van der Waals surface area contributed by atoms with Crippen molar-refractivity contribution in [3.8, 4) is 5.75 Å². The van der Waals surface area contributed by atoms with Crippen LogP contribution < -0.4 is 26.2 Å². The molecule has 0 aromatic heterocycles. The highest BCUT2D eigenvalue weighted by atomic mass is 32.1. The number of rotatable bonds is 5. The van der Waals surface area contributed by atoms with Gasteiger partial charge in [0.05, 0.1) is 13.2 Å². The topological polar surface area (TPSA) is 66.6 Å². The van der Waals surface area contributed by atoms with Crippen molar-refractivity contribution in [2.24, 2.45) is 0 Å². The first kappa shape index (κ1) is 17.7. The molecule has 0 saturated carbocycles. The van der Waals surface area contributed by atoms with Gasteiger partial charge in [0.2, 0.25) is 0 Å². The fourth-order valence-corrected chi connectivity index (χ4v) is 2.40. The molecule has 6 nitrogen and oxygen atoms in total. The minimum atomic E-state index is 0.245. The standard InChI is InChI=1S/C15H22N4O2S2/c1-20-12-6-4-11(5-7-12)9-16-14(22)18-19-15(23)17-10-13-3-2-8-21-13/h4-7,13H,2-3,8-10H2,1H3,(H2,16,18,22)(H2,17,19,23)/t13-/m0/s1. The van der Waals surface area contributed by atoms with Gasteiger partial charge in [-0.3, -0.25) is 10.9 Å². The van der Waals surface area contributed by atoms with Gasteiger partial charge >= 0.3 is 0 Å². The third-order valence-electron chi connectivity index (χ3n) is 3.42. The van der Waals surface area contributed by atoms with E-state index in [1.54, 1.807) is 7.11 Å². The molecule has 8 heteroatoms. The van der Waals surface area contributed by atoms with E-state index >= 15 is 0 Å². The highest BCUT2D eigenvalue weighted by molar-refractivity contribution is 7.80. The van der Waals surface area contributed by atoms with Gasteiger partial charge in [0, 0.05) is 19.7 Å². The molecule has 0 bridgehead atoms. The Morgan fingerprint density at radius 1 is 1.17 bits per heavy atom. The number of benzene rings is 1. The van der Waals surface area contributed by atoms with Crippen LogP contribution in [0.25, 0.3) is 0 Å². The molecule has 2 rings (SSSR count). The summed E-state index contributed by atoms with van der Waals surface area (Å²) in [5.74, 6) is 0.832. The van der Waals surface area contributed by atoms with Crippen molar-refractivity contribution in [1.82, 2.24) is 21.5 Å². The summed E-state index contributed by atoms with van der Waals surface area (Å²) in [6.07, 6.45) is 2.43. The monoisotopic (exact) mass is 354 g/mol. The molecule has 1 aliphatic rings. The van der Waals surface area contributed by atoms with Gasteiger partial charge in [0.1, 0.15) is 5.75 Å². The van der Waals surface area contributed by atoms with Crippen LogP contribution in [-0.2, 0) is 11.3 Å². The van der Waals surface area contributed by atoms with Crippen molar-refractivity contribution < 1.29 is 9.47 Å². The van der Waals surface area contributed by atoms with Gasteiger partial charge in [0.25, 0.3) is 0 Å². The van der Waals surface area contributed by atoms with Crippen LogP contribution in [-0.4, -0.2) is 36.6 Å². The summed E-state index contributed by atoms with van der Waals surface area (Å²) in [6.45, 7) is 2.16. The van der Waals surface area contributed by atoms with Gasteiger partial charge in [-0.05, 0) is 55.0 Å². The van der Waals surface area contributed by atoms with Crippen molar-refractivity contribution in [1.29, 1.82) is 0 Å². The zero-order valence-electron chi connectivity index (χ0n) is 13.1. The molecule has 1 fully saturated rings. The minimum absolute atomic E-state index is 0.245. The van der Waals surface area contributed by atoms with Crippen LogP contribution in [0, 0.1) is 0 Å². The SMILES string of the molecule is COc1ccc(CNC(=S)NNC(=S)NC[C@@H]2CCCO2)cc1. The second kappa shape index (κ2) is 9.49. The maximum atomic E-state index is 5.52. The molecule has 1 aromatic carbocycles. The Morgan fingerprint density at radius 3 is 2.48 bits per heavy atom. The van der Waals surface area contributed by atoms with E-state index in [1.807, 2.05) is 24.3 Å². The summed E-state index contributed by atoms with van der Waals surface area (Å²) in [5, 5.41) is 7.16. The van der Waals surface area contributed by atoms with Crippen LogP contribution in [0.5, 0.6) is 5.75 Å². The molecule has 0 unspecified atom stereocenters. The normalized spacial score (nSPS) is 16.5. The zero-order valence-corrected chi connectivity index (χ0v) is 14.7. The molecule has 4 N–H and O–H groups in total. The van der Waals surface area contributed by atoms with Crippen LogP contribution in [0.15, 0.2) is 24.3 Å². The van der Waals surface area contributed by atoms with Crippen molar-refractivity contribution in [3.05, 3.63) is 29.8 Å². The van der Waals surface area contributed by atoms with Gasteiger partial charge in [-0.2, -0.15) is 0 Å². The summed E-state index contributed by atoms with van der Waals surface area (Å²) in [4.78, 5) is 0. The van der Waals surface area contributed by atoms with E-state index < -0.39 is 0 Å². The molecular weight excluding hydrogens is 332 g/mol. The molecule has 0 spiro atoms. The number of thiocarbonyl (C=S) groups is 2. The van der Waals surface area contributed by atoms with E-state index in [-0.39, 0.29) is 6.10 Å². The molecule has 1 saturated heterocycles. The number of hydrogen-bond acceptors (Lipinski definition) is 4. The van der Waals surface area contributed by atoms with Crippen LogP contribution in [0.3, 0.4) is 0 Å². The Hall–Kier alpha value is -1.64. The van der Waals surface area contributed by atoms with E-state index in [9.17, 15) is 0 Å². The molecule has 0 aliphatic carbocycles. The Balaban J connectivity index is 1.59. The first-order valence-electron chi connectivity index (χ1n) is 7.49. The molecule has 1 atom stereocenters. The third kappa shape index (κ3) is 6.55. The van der Waals surface area contributed by atoms with Crippen LogP contribution in [0.1, 0.15) is 18.4 Å². The maximum absolute atomic E-state index is 5.52. The molecule has 0 amide bonds. The Morgan fingerprint density at radius 2 is 1.87 bits per heavy atom. The molecular formula is C15H22N4O2S2. The number of ether oxygens (including phenoxy) is 2. The van der Waals surface area contributed by atoms with Crippen molar-refractivity contribution in [2.45, 2.75) is 25.5 Å². The van der Waals surface area contributed by atoms with Crippen molar-refractivity contribution >= 4 is 34.7 Å². The minimum Gasteiger partial charge on any atom is -0.497 e. The Labute approximate surface area is 147 Å². The number of methoxy groups -OCH3 is 1. The number of hydrazine groups is 1. The van der Waals surface area contributed by atoms with Gasteiger partial charge in [0.15, 0.2) is 10.2 Å². The largest absolute Gasteiger partial charge is 0.497 e. The van der Waals surface area contributed by atoms with E-state index in [1.165, 1.54) is 0 Å². The first-order valence-corrected chi connectivity index (χ1v) is 8.31. The van der Waals surface area contributed by atoms with Crippen molar-refractivity contribution in [3.63, 3.8) is 0 Å². The molecule has 23 heavy (non-hydrogen) atoms. The molecule has 0 radical (unpaired) electrons. The van der Waals surface area contributed by atoms with Gasteiger partial charge < -0.3 is 20.1 Å². The zero-order chi connectivity index (χ0) is 16.5. The summed E-state index contributed by atoms with van der Waals surface area (Å²) >= 11 is 10.4. The smallest absolute Gasteiger partial charge is 0.185 e. The maximum Gasteiger partial charge on any atom is 0.185 e. The van der Waals surface area contributed by atoms with Crippen molar-refractivity contribution in [2.75, 3.05) is 20.3 Å². The summed E-state index contributed by atoms with van der Waals surface area (Å²) in [6, 6.07) is 7.79. The number of nitrogens with one attached hydrogen (secondary N) is 4. The highest BCUT2D eigenvalue weighted by Gasteiger charge is 2.15. The van der Waals surface area contributed by atoms with Crippen LogP contribution in [0.2, 0.25) is 0 Å². The lowest BCUT2D eigenvalue weighted by molar-refractivity contribution is 0.114. The molecule has 126 valence electrons. The van der Waals surface area contributed by atoms with E-state index in [2.05, 4.69) is 21.5 Å². The first-order chi connectivity index (χ1) is 11.2. The predicted octanol–water partition coefficient (Wildman–Crippen LogP) is 1.22. The average molecular weight is 355 g/mol. The molecule has 1 aliphatic heterocycles. The third-order valence-corrected chi connectivity index (χ3v) is 3.91.